The van der Waals surface area contributed by atoms with Crippen molar-refractivity contribution in [1.82, 2.24) is 9.88 Å². The third-order valence-electron chi connectivity index (χ3n) is 9.75. The molecule has 0 spiro atoms. The average molecular weight is 619 g/mol. The SMILES string of the molecule is C1=C(C2=NC(c3ccccc3)=NC(c3ccccc3)N2)CCc2c1oc1cc(-n3c4ccccc4c4cc5ccccc5cc43)ccc21. The van der Waals surface area contributed by atoms with E-state index >= 15 is 0 Å². The fraction of sp³-hybridized carbons (Fsp3) is 0.0698. The number of nitrogens with zero attached hydrogens (tertiary/aromatic N) is 3. The molecule has 0 saturated carbocycles. The molecule has 5 nitrogen and oxygen atoms in total. The molecule has 2 aromatic heterocycles. The first-order valence-electron chi connectivity index (χ1n) is 16.5. The number of aromatic nitrogens is 1. The molecule has 0 saturated heterocycles. The van der Waals surface area contributed by atoms with Crippen LogP contribution in [0.1, 0.15) is 35.0 Å². The third-order valence-corrected chi connectivity index (χ3v) is 9.75. The summed E-state index contributed by atoms with van der Waals surface area (Å²) in [5.41, 5.74) is 8.85. The highest BCUT2D eigenvalue weighted by molar-refractivity contribution is 6.15. The highest BCUT2D eigenvalue weighted by Gasteiger charge is 2.26. The summed E-state index contributed by atoms with van der Waals surface area (Å²) in [6, 6.07) is 49.1. The lowest BCUT2D eigenvalue weighted by atomic mass is 9.94. The van der Waals surface area contributed by atoms with Crippen molar-refractivity contribution in [2.75, 3.05) is 0 Å². The summed E-state index contributed by atoms with van der Waals surface area (Å²) in [6.45, 7) is 0. The van der Waals surface area contributed by atoms with Gasteiger partial charge in [-0.2, -0.15) is 0 Å². The van der Waals surface area contributed by atoms with Crippen LogP contribution >= 0.6 is 0 Å². The number of hydrogen-bond acceptors (Lipinski definition) is 4. The Bertz CT molecular complexity index is 2640. The lowest BCUT2D eigenvalue weighted by molar-refractivity contribution is 0.593. The molecule has 0 radical (unpaired) electrons. The molecular formula is C43H30N4O. The van der Waals surface area contributed by atoms with E-state index in [1.165, 1.54) is 43.5 Å². The minimum Gasteiger partial charge on any atom is -0.456 e. The first-order chi connectivity index (χ1) is 23.8. The Morgan fingerprint density at radius 1 is 0.646 bits per heavy atom. The Kier molecular flexibility index (Phi) is 6.00. The summed E-state index contributed by atoms with van der Waals surface area (Å²) in [4.78, 5) is 10.1. The zero-order chi connectivity index (χ0) is 31.6. The van der Waals surface area contributed by atoms with Crippen molar-refractivity contribution in [2.45, 2.75) is 19.0 Å². The van der Waals surface area contributed by atoms with Crippen LogP contribution in [0.2, 0.25) is 0 Å². The van der Waals surface area contributed by atoms with Gasteiger partial charge in [0.1, 0.15) is 23.3 Å². The molecule has 1 aliphatic carbocycles. The minimum atomic E-state index is -0.224. The van der Waals surface area contributed by atoms with E-state index in [2.05, 4.69) is 131 Å². The zero-order valence-corrected chi connectivity index (χ0v) is 26.1. The van der Waals surface area contributed by atoms with Crippen LogP contribution in [0.25, 0.3) is 55.3 Å². The molecule has 10 rings (SSSR count). The van der Waals surface area contributed by atoms with E-state index < -0.39 is 0 Å². The first kappa shape index (κ1) is 27.0. The Morgan fingerprint density at radius 3 is 2.25 bits per heavy atom. The lowest BCUT2D eigenvalue weighted by Gasteiger charge is -2.25. The van der Waals surface area contributed by atoms with Crippen LogP contribution in [0.15, 0.2) is 160 Å². The number of fused-ring (bicyclic) bond motifs is 7. The normalized spacial score (nSPS) is 16.1. The summed E-state index contributed by atoms with van der Waals surface area (Å²) in [6.07, 6.45) is 3.69. The third kappa shape index (κ3) is 4.32. The van der Waals surface area contributed by atoms with Crippen molar-refractivity contribution in [2.24, 2.45) is 9.98 Å². The highest BCUT2D eigenvalue weighted by atomic mass is 16.3. The van der Waals surface area contributed by atoms with Gasteiger partial charge in [0.05, 0.1) is 11.0 Å². The fourth-order valence-corrected chi connectivity index (χ4v) is 7.42. The van der Waals surface area contributed by atoms with Gasteiger partial charge in [0, 0.05) is 39.0 Å². The van der Waals surface area contributed by atoms with Gasteiger partial charge >= 0.3 is 0 Å². The number of aliphatic imine (C=N–C) groups is 2. The summed E-state index contributed by atoms with van der Waals surface area (Å²) < 4.78 is 9.03. The lowest BCUT2D eigenvalue weighted by Crippen LogP contribution is -2.34. The molecule has 0 amide bonds. The van der Waals surface area contributed by atoms with Gasteiger partial charge in [-0.25, -0.2) is 9.98 Å². The van der Waals surface area contributed by atoms with E-state index in [4.69, 9.17) is 14.4 Å². The first-order valence-corrected chi connectivity index (χ1v) is 16.5. The number of aryl methyl sites for hydroxylation is 1. The molecule has 1 atom stereocenters. The van der Waals surface area contributed by atoms with Crippen molar-refractivity contribution >= 4 is 61.3 Å². The molecule has 8 aromatic rings. The number of amidine groups is 2. The number of nitrogens with one attached hydrogen (secondary N) is 1. The molecule has 2 aliphatic rings. The summed E-state index contributed by atoms with van der Waals surface area (Å²) >= 11 is 0. The second-order valence-electron chi connectivity index (χ2n) is 12.6. The van der Waals surface area contributed by atoms with Crippen LogP contribution < -0.4 is 5.32 Å². The largest absolute Gasteiger partial charge is 0.456 e. The minimum absolute atomic E-state index is 0.224. The van der Waals surface area contributed by atoms with E-state index in [0.717, 1.165) is 58.2 Å². The fourth-order valence-electron chi connectivity index (χ4n) is 7.42. The van der Waals surface area contributed by atoms with Crippen molar-refractivity contribution in [3.8, 4) is 5.69 Å². The van der Waals surface area contributed by atoms with E-state index in [9.17, 15) is 0 Å². The van der Waals surface area contributed by atoms with E-state index in [1.807, 2.05) is 24.3 Å². The number of para-hydroxylation sites is 1. The quantitative estimate of drug-likeness (QED) is 0.213. The van der Waals surface area contributed by atoms with Crippen molar-refractivity contribution < 1.29 is 4.42 Å². The van der Waals surface area contributed by atoms with Gasteiger partial charge in [0.2, 0.25) is 0 Å². The van der Waals surface area contributed by atoms with Gasteiger partial charge in [0.15, 0.2) is 5.84 Å². The maximum Gasteiger partial charge on any atom is 0.159 e. The van der Waals surface area contributed by atoms with Gasteiger partial charge in [-0.15, -0.1) is 0 Å². The van der Waals surface area contributed by atoms with E-state index in [0.29, 0.717) is 0 Å². The molecule has 3 heterocycles. The monoisotopic (exact) mass is 618 g/mol. The molecule has 0 fully saturated rings. The molecular weight excluding hydrogens is 589 g/mol. The van der Waals surface area contributed by atoms with Crippen LogP contribution in [-0.2, 0) is 6.42 Å². The molecule has 1 unspecified atom stereocenters. The number of rotatable bonds is 4. The molecule has 1 aliphatic heterocycles. The molecule has 1 N–H and O–H groups in total. The van der Waals surface area contributed by atoms with Crippen LogP contribution in [0.4, 0.5) is 0 Å². The van der Waals surface area contributed by atoms with Crippen molar-refractivity contribution in [3.63, 3.8) is 0 Å². The molecule has 6 aromatic carbocycles. The van der Waals surface area contributed by atoms with Crippen LogP contribution in [0.5, 0.6) is 0 Å². The van der Waals surface area contributed by atoms with Gasteiger partial charge < -0.3 is 14.3 Å². The van der Waals surface area contributed by atoms with Gasteiger partial charge in [-0.3, -0.25) is 0 Å². The number of hydrogen-bond donors (Lipinski definition) is 1. The van der Waals surface area contributed by atoms with Crippen LogP contribution in [0.3, 0.4) is 0 Å². The van der Waals surface area contributed by atoms with Gasteiger partial charge in [0.25, 0.3) is 0 Å². The molecule has 0 bridgehead atoms. The Morgan fingerprint density at radius 2 is 1.40 bits per heavy atom. The molecule has 228 valence electrons. The average Bonchev–Trinajstić information content (AvgIpc) is 3.68. The number of furan rings is 1. The van der Waals surface area contributed by atoms with Gasteiger partial charge in [-0.05, 0) is 71.2 Å². The maximum absolute atomic E-state index is 6.66. The second-order valence-corrected chi connectivity index (χ2v) is 12.6. The summed E-state index contributed by atoms with van der Waals surface area (Å²) in [5.74, 6) is 2.49. The predicted octanol–water partition coefficient (Wildman–Crippen LogP) is 10.2. The number of benzene rings is 6. The maximum atomic E-state index is 6.66. The zero-order valence-electron chi connectivity index (χ0n) is 26.1. The Hall–Kier alpha value is -6.20. The second kappa shape index (κ2) is 10.7. The molecule has 5 heteroatoms. The van der Waals surface area contributed by atoms with E-state index in [-0.39, 0.29) is 6.17 Å². The summed E-state index contributed by atoms with van der Waals surface area (Å²) in [5, 5.41) is 9.78. The summed E-state index contributed by atoms with van der Waals surface area (Å²) in [7, 11) is 0. The predicted molar refractivity (Wildman–Crippen MR) is 197 cm³/mol. The molecule has 48 heavy (non-hydrogen) atoms. The van der Waals surface area contributed by atoms with Crippen LogP contribution in [-0.4, -0.2) is 16.2 Å². The Balaban J connectivity index is 1.07. The standard InChI is InChI=1S/C43H30N4O/c1-3-11-27(12-4-1)41-44-42(28-13-5-2-6-14-28)46-43(45-41)31-19-21-34-35-22-20-32(26-40(35)48-39(34)25-31)47-37-18-10-9-17-33(37)36-23-29-15-7-8-16-30(29)24-38(36)47/h1-18,20,22-26,41H,19,21H2,(H,44,45,46). The van der Waals surface area contributed by atoms with E-state index in [1.54, 1.807) is 0 Å². The Labute approximate surface area is 277 Å². The highest BCUT2D eigenvalue weighted by Crippen LogP contribution is 2.38. The van der Waals surface area contributed by atoms with Gasteiger partial charge in [-0.1, -0.05) is 103 Å². The van der Waals surface area contributed by atoms with Crippen molar-refractivity contribution in [3.05, 3.63) is 168 Å². The topological polar surface area (TPSA) is 54.8 Å². The van der Waals surface area contributed by atoms with Crippen molar-refractivity contribution in [1.29, 1.82) is 0 Å². The van der Waals surface area contributed by atoms with Crippen LogP contribution in [0, 0.1) is 0 Å². The smallest absolute Gasteiger partial charge is 0.159 e.